The van der Waals surface area contributed by atoms with E-state index in [0.717, 1.165) is 40.7 Å². The molecule has 3 nitrogen and oxygen atoms in total. The third kappa shape index (κ3) is 2.80. The maximum atomic E-state index is 11.8. The molecule has 0 spiro atoms. The molecular weight excluding hydrogens is 322 g/mol. The number of rotatable bonds is 5. The van der Waals surface area contributed by atoms with Crippen LogP contribution >= 0.6 is 11.6 Å². The highest BCUT2D eigenvalue weighted by molar-refractivity contribution is 6.31. The third-order valence-corrected chi connectivity index (χ3v) is 4.43. The molecule has 0 aliphatic carbocycles. The van der Waals surface area contributed by atoms with Crippen molar-refractivity contribution in [3.8, 4) is 16.9 Å². The fourth-order valence-corrected chi connectivity index (χ4v) is 3.32. The molecular formula is C20H20ClNO2. The molecule has 0 bridgehead atoms. The van der Waals surface area contributed by atoms with E-state index in [2.05, 4.69) is 13.0 Å². The SMILES string of the molecule is CCOc1c(C)cc(Cl)cc1-c1cc2ccc(CC)cn2c1C=O. The van der Waals surface area contributed by atoms with Gasteiger partial charge < -0.3 is 9.14 Å². The normalized spacial score (nSPS) is 11.0. The fourth-order valence-electron chi connectivity index (χ4n) is 3.05. The number of pyridine rings is 1. The second-order valence-electron chi connectivity index (χ2n) is 5.78. The summed E-state index contributed by atoms with van der Waals surface area (Å²) in [6, 6.07) is 9.87. The maximum Gasteiger partial charge on any atom is 0.167 e. The number of fused-ring (bicyclic) bond motifs is 1. The summed E-state index contributed by atoms with van der Waals surface area (Å²) in [5.74, 6) is 0.775. The minimum absolute atomic E-state index is 0.555. The lowest BCUT2D eigenvalue weighted by Gasteiger charge is -2.13. The Bertz CT molecular complexity index is 912. The van der Waals surface area contributed by atoms with Gasteiger partial charge in [0.15, 0.2) is 6.29 Å². The van der Waals surface area contributed by atoms with Crippen molar-refractivity contribution in [3.05, 3.63) is 58.4 Å². The number of aromatic nitrogens is 1. The van der Waals surface area contributed by atoms with Crippen LogP contribution in [-0.4, -0.2) is 17.3 Å². The summed E-state index contributed by atoms with van der Waals surface area (Å²) in [5.41, 5.74) is 5.42. The molecule has 0 amide bonds. The summed E-state index contributed by atoms with van der Waals surface area (Å²) in [7, 11) is 0. The summed E-state index contributed by atoms with van der Waals surface area (Å²) in [4.78, 5) is 11.8. The van der Waals surface area contributed by atoms with Crippen LogP contribution in [0.5, 0.6) is 5.75 Å². The van der Waals surface area contributed by atoms with E-state index in [4.69, 9.17) is 16.3 Å². The van der Waals surface area contributed by atoms with Gasteiger partial charge in [-0.3, -0.25) is 4.79 Å². The molecule has 0 N–H and O–H groups in total. The van der Waals surface area contributed by atoms with Gasteiger partial charge in [-0.25, -0.2) is 0 Å². The van der Waals surface area contributed by atoms with Crippen LogP contribution in [0.3, 0.4) is 0 Å². The first-order valence-corrected chi connectivity index (χ1v) is 8.49. The number of benzene rings is 1. The zero-order chi connectivity index (χ0) is 17.3. The van der Waals surface area contributed by atoms with Gasteiger partial charge in [0.05, 0.1) is 12.3 Å². The van der Waals surface area contributed by atoms with E-state index in [1.165, 1.54) is 5.56 Å². The minimum Gasteiger partial charge on any atom is -0.493 e. The van der Waals surface area contributed by atoms with Crippen LogP contribution in [0, 0.1) is 6.92 Å². The number of carbonyl (C=O) groups is 1. The summed E-state index contributed by atoms with van der Waals surface area (Å²) in [5, 5.41) is 0.632. The van der Waals surface area contributed by atoms with Gasteiger partial charge in [-0.05, 0) is 55.7 Å². The number of aldehydes is 1. The monoisotopic (exact) mass is 341 g/mol. The van der Waals surface area contributed by atoms with Crippen molar-refractivity contribution >= 4 is 23.4 Å². The molecule has 0 aliphatic heterocycles. The van der Waals surface area contributed by atoms with E-state index >= 15 is 0 Å². The number of halogens is 1. The molecule has 0 radical (unpaired) electrons. The lowest BCUT2D eigenvalue weighted by Crippen LogP contribution is -1.99. The molecule has 0 unspecified atom stereocenters. The van der Waals surface area contributed by atoms with Gasteiger partial charge in [-0.1, -0.05) is 24.6 Å². The highest BCUT2D eigenvalue weighted by atomic mass is 35.5. The van der Waals surface area contributed by atoms with E-state index in [9.17, 15) is 4.79 Å². The Morgan fingerprint density at radius 2 is 1.96 bits per heavy atom. The molecule has 0 aliphatic rings. The molecule has 24 heavy (non-hydrogen) atoms. The second-order valence-corrected chi connectivity index (χ2v) is 6.22. The van der Waals surface area contributed by atoms with Crippen molar-refractivity contribution in [2.45, 2.75) is 27.2 Å². The highest BCUT2D eigenvalue weighted by Crippen LogP contribution is 2.38. The first-order valence-electron chi connectivity index (χ1n) is 8.11. The van der Waals surface area contributed by atoms with Gasteiger partial charge >= 0.3 is 0 Å². The zero-order valence-electron chi connectivity index (χ0n) is 14.1. The number of aryl methyl sites for hydroxylation is 2. The molecule has 0 saturated heterocycles. The Labute approximate surface area is 146 Å². The molecule has 3 rings (SSSR count). The van der Waals surface area contributed by atoms with Crippen molar-refractivity contribution in [2.24, 2.45) is 0 Å². The van der Waals surface area contributed by atoms with E-state index in [1.54, 1.807) is 0 Å². The fraction of sp³-hybridized carbons (Fsp3) is 0.250. The Morgan fingerprint density at radius 3 is 2.62 bits per heavy atom. The van der Waals surface area contributed by atoms with Crippen LogP contribution in [0.15, 0.2) is 36.5 Å². The van der Waals surface area contributed by atoms with Crippen molar-refractivity contribution in [1.82, 2.24) is 4.40 Å². The van der Waals surface area contributed by atoms with E-state index in [0.29, 0.717) is 17.3 Å². The molecule has 2 heterocycles. The molecule has 2 aromatic heterocycles. The number of hydrogen-bond donors (Lipinski definition) is 0. The van der Waals surface area contributed by atoms with Crippen molar-refractivity contribution in [1.29, 1.82) is 0 Å². The lowest BCUT2D eigenvalue weighted by molar-refractivity contribution is 0.111. The predicted molar refractivity (Wildman–Crippen MR) is 98.5 cm³/mol. The average Bonchev–Trinajstić information content (AvgIpc) is 2.94. The Balaban J connectivity index is 2.32. The number of carbonyl (C=O) groups excluding carboxylic acids is 1. The van der Waals surface area contributed by atoms with E-state index in [-0.39, 0.29) is 0 Å². The van der Waals surface area contributed by atoms with Crippen molar-refractivity contribution in [2.75, 3.05) is 6.61 Å². The maximum absolute atomic E-state index is 11.8. The van der Waals surface area contributed by atoms with Gasteiger partial charge in [-0.2, -0.15) is 0 Å². The average molecular weight is 342 g/mol. The van der Waals surface area contributed by atoms with E-state index in [1.807, 2.05) is 48.7 Å². The summed E-state index contributed by atoms with van der Waals surface area (Å²) >= 11 is 6.26. The van der Waals surface area contributed by atoms with Gasteiger partial charge in [-0.15, -0.1) is 0 Å². The highest BCUT2D eigenvalue weighted by Gasteiger charge is 2.18. The summed E-state index contributed by atoms with van der Waals surface area (Å²) in [6.45, 7) is 6.56. The molecule has 0 saturated carbocycles. The number of ether oxygens (including phenoxy) is 1. The largest absolute Gasteiger partial charge is 0.493 e. The first kappa shape index (κ1) is 16.6. The van der Waals surface area contributed by atoms with Crippen LogP contribution in [0.1, 0.15) is 35.5 Å². The zero-order valence-corrected chi connectivity index (χ0v) is 14.9. The molecule has 1 aromatic carbocycles. The van der Waals surface area contributed by atoms with Gasteiger partial charge in [0.25, 0.3) is 0 Å². The third-order valence-electron chi connectivity index (χ3n) is 4.21. The molecule has 0 fully saturated rings. The number of hydrogen-bond acceptors (Lipinski definition) is 2. The first-order chi connectivity index (χ1) is 11.6. The van der Waals surface area contributed by atoms with Crippen LogP contribution in [0.25, 0.3) is 16.6 Å². The van der Waals surface area contributed by atoms with Crippen LogP contribution in [0.4, 0.5) is 0 Å². The van der Waals surface area contributed by atoms with Crippen LogP contribution in [0.2, 0.25) is 5.02 Å². The standard InChI is InChI=1S/C20H20ClNO2/c1-4-14-6-7-16-10-17(19(12-23)22(16)11-14)18-9-15(21)8-13(3)20(18)24-5-2/h6-12H,4-5H2,1-3H3. The van der Waals surface area contributed by atoms with Crippen LogP contribution in [-0.2, 0) is 6.42 Å². The smallest absolute Gasteiger partial charge is 0.167 e. The second kappa shape index (κ2) is 6.70. The Hall–Kier alpha value is -2.26. The van der Waals surface area contributed by atoms with Gasteiger partial charge in [0, 0.05) is 27.9 Å². The van der Waals surface area contributed by atoms with E-state index < -0.39 is 0 Å². The Kier molecular flexibility index (Phi) is 4.63. The van der Waals surface area contributed by atoms with Gasteiger partial charge in [0.2, 0.25) is 0 Å². The predicted octanol–water partition coefficient (Wildman–Crippen LogP) is 5.34. The van der Waals surface area contributed by atoms with Gasteiger partial charge in [0.1, 0.15) is 5.75 Å². The molecule has 0 atom stereocenters. The molecule has 3 aromatic rings. The lowest BCUT2D eigenvalue weighted by atomic mass is 10.0. The number of nitrogens with zero attached hydrogens (tertiary/aromatic N) is 1. The quantitative estimate of drug-likeness (QED) is 0.586. The Morgan fingerprint density at radius 1 is 1.17 bits per heavy atom. The summed E-state index contributed by atoms with van der Waals surface area (Å²) < 4.78 is 7.77. The van der Waals surface area contributed by atoms with Crippen molar-refractivity contribution < 1.29 is 9.53 Å². The molecule has 4 heteroatoms. The minimum atomic E-state index is 0.555. The van der Waals surface area contributed by atoms with Crippen LogP contribution < -0.4 is 4.74 Å². The molecule has 124 valence electrons. The topological polar surface area (TPSA) is 30.7 Å². The summed E-state index contributed by atoms with van der Waals surface area (Å²) in [6.07, 6.45) is 3.83. The van der Waals surface area contributed by atoms with Crippen molar-refractivity contribution in [3.63, 3.8) is 0 Å².